The van der Waals surface area contributed by atoms with Gasteiger partial charge in [0.15, 0.2) is 23.6 Å². The van der Waals surface area contributed by atoms with Crippen molar-refractivity contribution in [2.24, 2.45) is 22.7 Å². The van der Waals surface area contributed by atoms with Gasteiger partial charge in [-0.15, -0.1) is 0 Å². The molecule has 1 amide bonds. The minimum atomic E-state index is -2.37. The molecule has 7 rings (SSSR count). The molecule has 1 heterocycles. The monoisotopic (exact) mass is 847 g/mol. The van der Waals surface area contributed by atoms with Crippen LogP contribution >= 0.6 is 0 Å². The topological polar surface area (TPSA) is 231 Å². The highest BCUT2D eigenvalue weighted by atomic mass is 16.6. The van der Waals surface area contributed by atoms with Gasteiger partial charge < -0.3 is 49.1 Å². The summed E-state index contributed by atoms with van der Waals surface area (Å²) in [6.45, 7) is 7.94. The molecule has 2 aromatic rings. The summed E-state index contributed by atoms with van der Waals surface area (Å²) in [5.74, 6) is -6.44. The van der Waals surface area contributed by atoms with E-state index in [0.717, 1.165) is 19.4 Å². The molecule has 11 atom stereocenters. The highest BCUT2D eigenvalue weighted by molar-refractivity contribution is 5.95. The van der Waals surface area contributed by atoms with Crippen LogP contribution in [0.1, 0.15) is 83.1 Å². The molecule has 5 aliphatic rings. The maximum absolute atomic E-state index is 15.4. The van der Waals surface area contributed by atoms with Gasteiger partial charge in [0.25, 0.3) is 0 Å². The highest BCUT2D eigenvalue weighted by Crippen LogP contribution is 2.64. The van der Waals surface area contributed by atoms with E-state index in [0.29, 0.717) is 12.8 Å². The first-order valence-corrected chi connectivity index (χ1v) is 20.5. The number of benzene rings is 2. The smallest absolute Gasteiger partial charge is 0.407 e. The average molecular weight is 848 g/mol. The number of carbonyl (C=O) groups is 6. The number of esters is 4. The summed E-state index contributed by atoms with van der Waals surface area (Å²) < 4.78 is 35.5. The zero-order valence-corrected chi connectivity index (χ0v) is 35.0. The van der Waals surface area contributed by atoms with E-state index in [9.17, 15) is 39.3 Å². The molecule has 1 saturated heterocycles. The van der Waals surface area contributed by atoms with Crippen molar-refractivity contribution in [3.05, 3.63) is 82.9 Å². The van der Waals surface area contributed by atoms with E-state index in [1.165, 1.54) is 26.0 Å². The number of alkyl carbamates (subject to hydrolysis) is 1. The molecule has 16 heteroatoms. The molecule has 4 N–H and O–H groups in total. The first-order valence-electron chi connectivity index (χ1n) is 20.5. The second kappa shape index (κ2) is 16.3. The number of amides is 1. The van der Waals surface area contributed by atoms with Crippen molar-refractivity contribution >= 4 is 35.8 Å². The van der Waals surface area contributed by atoms with Crippen LogP contribution in [0.4, 0.5) is 4.79 Å². The fraction of sp³-hybridized carbons (Fsp3) is 0.556. The van der Waals surface area contributed by atoms with Crippen molar-refractivity contribution in [2.45, 2.75) is 128 Å². The highest BCUT2D eigenvalue weighted by Gasteiger charge is 2.78. The van der Waals surface area contributed by atoms with Crippen molar-refractivity contribution in [1.29, 1.82) is 0 Å². The molecule has 328 valence electrons. The van der Waals surface area contributed by atoms with Gasteiger partial charge in [-0.1, -0.05) is 62.4 Å². The Kier molecular flexibility index (Phi) is 11.7. The molecule has 16 nitrogen and oxygen atoms in total. The van der Waals surface area contributed by atoms with Crippen LogP contribution in [-0.4, -0.2) is 112 Å². The minimum Gasteiger partial charge on any atom is -0.456 e. The number of nitrogens with one attached hydrogen (secondary N) is 1. The van der Waals surface area contributed by atoms with Crippen LogP contribution in [0.2, 0.25) is 0 Å². The van der Waals surface area contributed by atoms with Crippen molar-refractivity contribution < 1.29 is 72.5 Å². The lowest BCUT2D eigenvalue weighted by atomic mass is 9.44. The number of ketones is 1. The molecule has 1 aliphatic heterocycles. The Morgan fingerprint density at radius 1 is 0.918 bits per heavy atom. The predicted octanol–water partition coefficient (Wildman–Crippen LogP) is 3.27. The van der Waals surface area contributed by atoms with Crippen LogP contribution in [0.3, 0.4) is 0 Å². The zero-order chi connectivity index (χ0) is 44.2. The van der Waals surface area contributed by atoms with Gasteiger partial charge in [-0.2, -0.15) is 0 Å². The molecular formula is C45H53NO15. The average Bonchev–Trinajstić information content (AvgIpc) is 4.06. The molecule has 0 unspecified atom stereocenters. The number of rotatable bonds is 11. The summed E-state index contributed by atoms with van der Waals surface area (Å²) in [5.41, 5.74) is -6.82. The lowest BCUT2D eigenvalue weighted by Gasteiger charge is -2.67. The van der Waals surface area contributed by atoms with Gasteiger partial charge in [0, 0.05) is 32.1 Å². The van der Waals surface area contributed by atoms with E-state index >= 15 is 4.79 Å². The van der Waals surface area contributed by atoms with Crippen molar-refractivity contribution in [3.8, 4) is 0 Å². The molecule has 3 saturated carbocycles. The molecular weight excluding hydrogens is 794 g/mol. The third-order valence-corrected chi connectivity index (χ3v) is 13.7. The Labute approximate surface area is 352 Å². The number of hydrogen-bond acceptors (Lipinski definition) is 15. The SMILES string of the molecule is CC(=O)O[C@H]1C(=O)[C@@]2(C)[C@H]([C@H](OC(=O)c3ccccc3)[C@]3(O)C[C@H](OC(=O)[C@H](O)[C@@H](NC(=O)OCc4ccccc4)C4CC4)C(C)=C1C3(C)C)[C@]1(OC(C)=O)CO[C@@H]1C[C@@H]2O. The first-order chi connectivity index (χ1) is 28.8. The Morgan fingerprint density at radius 3 is 2.13 bits per heavy atom. The number of hydrogen-bond donors (Lipinski definition) is 4. The van der Waals surface area contributed by atoms with E-state index in [4.69, 9.17) is 28.4 Å². The number of ether oxygens (including phenoxy) is 6. The molecule has 2 bridgehead atoms. The van der Waals surface area contributed by atoms with Crippen LogP contribution in [-0.2, 0) is 54.2 Å². The summed E-state index contributed by atoms with van der Waals surface area (Å²) in [6.07, 6.45) is -9.96. The molecule has 4 aliphatic carbocycles. The maximum atomic E-state index is 15.4. The summed E-state index contributed by atoms with van der Waals surface area (Å²) >= 11 is 0. The Morgan fingerprint density at radius 2 is 1.56 bits per heavy atom. The minimum absolute atomic E-state index is 0.0104. The second-order valence-electron chi connectivity index (χ2n) is 17.7. The molecule has 0 radical (unpaired) electrons. The fourth-order valence-corrected chi connectivity index (χ4v) is 10.2. The van der Waals surface area contributed by atoms with Crippen molar-refractivity contribution in [2.75, 3.05) is 6.61 Å². The van der Waals surface area contributed by atoms with E-state index in [1.54, 1.807) is 56.3 Å². The Hall–Kier alpha value is -5.16. The van der Waals surface area contributed by atoms with Gasteiger partial charge in [0.1, 0.15) is 30.5 Å². The van der Waals surface area contributed by atoms with Crippen molar-refractivity contribution in [1.82, 2.24) is 5.32 Å². The van der Waals surface area contributed by atoms with Gasteiger partial charge in [0.05, 0.1) is 35.6 Å². The summed E-state index contributed by atoms with van der Waals surface area (Å²) in [6, 6.07) is 15.7. The van der Waals surface area contributed by atoms with E-state index in [1.807, 2.05) is 6.07 Å². The zero-order valence-electron chi connectivity index (χ0n) is 35.0. The molecule has 0 spiro atoms. The van der Waals surface area contributed by atoms with Gasteiger partial charge in [-0.3, -0.25) is 14.4 Å². The number of aliphatic hydroxyl groups excluding tert-OH is 2. The van der Waals surface area contributed by atoms with E-state index in [-0.39, 0.29) is 42.3 Å². The van der Waals surface area contributed by atoms with Gasteiger partial charge in [-0.05, 0) is 61.4 Å². The summed E-state index contributed by atoms with van der Waals surface area (Å²) in [4.78, 5) is 82.5. The van der Waals surface area contributed by atoms with Gasteiger partial charge in [-0.25, -0.2) is 14.4 Å². The second-order valence-corrected chi connectivity index (χ2v) is 17.7. The van der Waals surface area contributed by atoms with Crippen LogP contribution in [0.25, 0.3) is 0 Å². The van der Waals surface area contributed by atoms with Gasteiger partial charge >= 0.3 is 30.0 Å². The Bertz CT molecular complexity index is 2100. The summed E-state index contributed by atoms with van der Waals surface area (Å²) in [5, 5.41) is 39.7. The van der Waals surface area contributed by atoms with Gasteiger partial charge in [0.2, 0.25) is 0 Å². The van der Waals surface area contributed by atoms with Crippen LogP contribution in [0.15, 0.2) is 71.8 Å². The molecule has 0 aromatic heterocycles. The van der Waals surface area contributed by atoms with E-state index < -0.39 is 113 Å². The maximum Gasteiger partial charge on any atom is 0.407 e. The quantitative estimate of drug-likeness (QED) is 0.145. The normalized spacial score (nSPS) is 33.4. The number of aliphatic hydroxyl groups is 3. The van der Waals surface area contributed by atoms with Crippen LogP contribution in [0.5, 0.6) is 0 Å². The predicted molar refractivity (Wildman–Crippen MR) is 211 cm³/mol. The molecule has 61 heavy (non-hydrogen) atoms. The fourth-order valence-electron chi connectivity index (χ4n) is 10.2. The van der Waals surface area contributed by atoms with Crippen molar-refractivity contribution in [3.63, 3.8) is 0 Å². The standard InChI is InChI=1S/C45H53NO15/c1-23-29(59-40(53)34(50)33(27-17-18-27)46-41(54)56-21-26-13-9-7-10-14-26)20-45(55)38(60-39(52)28-15-11-8-12-16-28)36-43(6,30(49)19-31-44(36,22-57-31)61-25(3)48)37(51)35(58-24(2)47)32(23)42(45,4)5/h7-16,27,29-31,33-36,38,49-50,55H,17-22H2,1-6H3,(H,46,54)/t29-,30-,31+,33-,34+,35+,36-,38-,43+,44-,45+/m0/s1. The Balaban J connectivity index is 1.32. The molecule has 4 fully saturated rings. The largest absolute Gasteiger partial charge is 0.456 e. The van der Waals surface area contributed by atoms with Crippen LogP contribution < -0.4 is 5.32 Å². The number of Topliss-reactive ketones (excluding diaryl/α,β-unsaturated/α-hetero) is 1. The summed E-state index contributed by atoms with van der Waals surface area (Å²) in [7, 11) is 0. The number of fused-ring (bicyclic) bond motifs is 5. The lowest BCUT2D eigenvalue weighted by Crippen LogP contribution is -2.82. The first kappa shape index (κ1) is 43.9. The third kappa shape index (κ3) is 7.61. The van der Waals surface area contributed by atoms with Crippen LogP contribution in [0, 0.1) is 22.7 Å². The third-order valence-electron chi connectivity index (χ3n) is 13.7. The number of carbonyl (C=O) groups excluding carboxylic acids is 6. The van der Waals surface area contributed by atoms with E-state index in [2.05, 4.69) is 5.32 Å². The molecule has 2 aromatic carbocycles. The lowest BCUT2D eigenvalue weighted by molar-refractivity contribution is -0.346.